The Hall–Kier alpha value is -1.67. The number of nitrogens with zero attached hydrogens (tertiary/aromatic N) is 3. The lowest BCUT2D eigenvalue weighted by Gasteiger charge is -2.35. The number of para-hydroxylation sites is 1. The first kappa shape index (κ1) is 17.7. The first-order valence-electron chi connectivity index (χ1n) is 8.32. The molecule has 136 valence electrons. The fourth-order valence-corrected chi connectivity index (χ4v) is 6.34. The lowest BCUT2D eigenvalue weighted by atomic mass is 10.1. The highest BCUT2D eigenvalue weighted by Crippen LogP contribution is 2.31. The van der Waals surface area contributed by atoms with Crippen molar-refractivity contribution in [3.8, 4) is 0 Å². The van der Waals surface area contributed by atoms with Crippen molar-refractivity contribution in [2.45, 2.75) is 11.1 Å². The first-order valence-corrected chi connectivity index (χ1v) is 11.0. The average Bonchev–Trinajstić information content (AvgIpc) is 3.08. The molecule has 3 heterocycles. The van der Waals surface area contributed by atoms with E-state index in [4.69, 9.17) is 11.6 Å². The van der Waals surface area contributed by atoms with E-state index in [9.17, 15) is 8.42 Å². The Morgan fingerprint density at radius 3 is 2.50 bits per heavy atom. The summed E-state index contributed by atoms with van der Waals surface area (Å²) in [5, 5.41) is 1.10. The van der Waals surface area contributed by atoms with Gasteiger partial charge in [0.1, 0.15) is 4.21 Å². The molecule has 0 unspecified atom stereocenters. The van der Waals surface area contributed by atoms with Gasteiger partial charge in [0.15, 0.2) is 0 Å². The number of thiophene rings is 1. The molecule has 0 atom stereocenters. The predicted octanol–water partition coefficient (Wildman–Crippen LogP) is 3.77. The van der Waals surface area contributed by atoms with Gasteiger partial charge in [0.05, 0.1) is 9.85 Å². The minimum Gasteiger partial charge on any atom is -0.368 e. The molecule has 8 heteroatoms. The molecule has 1 aliphatic heterocycles. The van der Waals surface area contributed by atoms with Gasteiger partial charge in [0.2, 0.25) is 0 Å². The van der Waals surface area contributed by atoms with Gasteiger partial charge < -0.3 is 4.90 Å². The quantitative estimate of drug-likeness (QED) is 0.663. The van der Waals surface area contributed by atoms with Crippen molar-refractivity contribution in [1.29, 1.82) is 0 Å². The number of pyridine rings is 1. The zero-order valence-corrected chi connectivity index (χ0v) is 16.6. The molecule has 1 aliphatic rings. The highest BCUT2D eigenvalue weighted by molar-refractivity contribution is 7.91. The van der Waals surface area contributed by atoms with Gasteiger partial charge in [-0.2, -0.15) is 4.31 Å². The Balaban J connectivity index is 1.58. The number of piperazine rings is 1. The monoisotopic (exact) mass is 407 g/mol. The number of hydrogen-bond donors (Lipinski definition) is 0. The van der Waals surface area contributed by atoms with Crippen molar-refractivity contribution < 1.29 is 8.42 Å². The third kappa shape index (κ3) is 3.20. The zero-order chi connectivity index (χ0) is 18.3. The second-order valence-electron chi connectivity index (χ2n) is 6.25. The molecule has 0 amide bonds. The van der Waals surface area contributed by atoms with E-state index in [0.29, 0.717) is 34.7 Å². The molecule has 0 spiro atoms. The molecule has 1 saturated heterocycles. The molecule has 3 aromatic rings. The molecule has 1 aromatic carbocycles. The Morgan fingerprint density at radius 1 is 1.08 bits per heavy atom. The highest BCUT2D eigenvalue weighted by atomic mass is 35.5. The second-order valence-corrected chi connectivity index (χ2v) is 10.1. The molecule has 5 nitrogen and oxygen atoms in total. The molecule has 0 aliphatic carbocycles. The van der Waals surface area contributed by atoms with Gasteiger partial charge in [-0.25, -0.2) is 8.42 Å². The van der Waals surface area contributed by atoms with E-state index in [1.807, 2.05) is 25.1 Å². The van der Waals surface area contributed by atoms with Crippen molar-refractivity contribution in [3.05, 3.63) is 52.5 Å². The molecule has 0 radical (unpaired) electrons. The third-order valence-corrected chi connectivity index (χ3v) is 8.14. The Labute approximate surface area is 161 Å². The van der Waals surface area contributed by atoms with E-state index in [-0.39, 0.29) is 0 Å². The van der Waals surface area contributed by atoms with Crippen LogP contribution in [-0.4, -0.2) is 43.9 Å². The van der Waals surface area contributed by atoms with Crippen LogP contribution in [0, 0.1) is 6.92 Å². The molecule has 0 N–H and O–H groups in total. The number of benzene rings is 1. The lowest BCUT2D eigenvalue weighted by Crippen LogP contribution is -2.48. The standard InChI is InChI=1S/C18H18ClN3O2S2/c1-13-12-16(14-4-2-3-5-15(14)20-13)21-8-10-22(11-9-21)26(23,24)18-7-6-17(19)25-18/h2-7,12H,8-11H2,1H3. The van der Waals surface area contributed by atoms with Crippen LogP contribution in [0.1, 0.15) is 5.69 Å². The fourth-order valence-electron chi connectivity index (χ4n) is 3.28. The average molecular weight is 408 g/mol. The molecule has 1 fully saturated rings. The van der Waals surface area contributed by atoms with Crippen molar-refractivity contribution in [1.82, 2.24) is 9.29 Å². The van der Waals surface area contributed by atoms with E-state index in [1.54, 1.807) is 16.4 Å². The van der Waals surface area contributed by atoms with Gasteiger partial charge in [0, 0.05) is 42.9 Å². The van der Waals surface area contributed by atoms with Crippen LogP contribution in [0.2, 0.25) is 4.34 Å². The van der Waals surface area contributed by atoms with Crippen molar-refractivity contribution >= 4 is 49.6 Å². The van der Waals surface area contributed by atoms with E-state index >= 15 is 0 Å². The molecule has 26 heavy (non-hydrogen) atoms. The summed E-state index contributed by atoms with van der Waals surface area (Å²) >= 11 is 7.00. The zero-order valence-electron chi connectivity index (χ0n) is 14.2. The van der Waals surface area contributed by atoms with Crippen LogP contribution in [0.25, 0.3) is 10.9 Å². The van der Waals surface area contributed by atoms with Crippen LogP contribution in [0.5, 0.6) is 0 Å². The summed E-state index contributed by atoms with van der Waals surface area (Å²) in [7, 11) is -3.47. The third-order valence-electron chi connectivity index (χ3n) is 4.54. The number of sulfonamides is 1. The highest BCUT2D eigenvalue weighted by Gasteiger charge is 2.30. The van der Waals surface area contributed by atoms with Crippen molar-refractivity contribution in [3.63, 3.8) is 0 Å². The number of rotatable bonds is 3. The molecule has 4 rings (SSSR count). The van der Waals surface area contributed by atoms with E-state index < -0.39 is 10.0 Å². The van der Waals surface area contributed by atoms with Crippen LogP contribution >= 0.6 is 22.9 Å². The smallest absolute Gasteiger partial charge is 0.252 e. The summed E-state index contributed by atoms with van der Waals surface area (Å²) in [4.78, 5) is 6.82. The number of aryl methyl sites for hydroxylation is 1. The Bertz CT molecular complexity index is 1060. The Morgan fingerprint density at radius 2 is 1.81 bits per heavy atom. The topological polar surface area (TPSA) is 53.5 Å². The normalized spacial score (nSPS) is 16.3. The maximum atomic E-state index is 12.8. The van der Waals surface area contributed by atoms with Gasteiger partial charge in [-0.1, -0.05) is 29.8 Å². The van der Waals surface area contributed by atoms with Crippen molar-refractivity contribution in [2.24, 2.45) is 0 Å². The largest absolute Gasteiger partial charge is 0.368 e. The predicted molar refractivity (Wildman–Crippen MR) is 107 cm³/mol. The maximum Gasteiger partial charge on any atom is 0.252 e. The summed E-state index contributed by atoms with van der Waals surface area (Å²) in [5.41, 5.74) is 3.04. The lowest BCUT2D eigenvalue weighted by molar-refractivity contribution is 0.386. The molecular weight excluding hydrogens is 390 g/mol. The molecule has 2 aromatic heterocycles. The maximum absolute atomic E-state index is 12.8. The van der Waals surface area contributed by atoms with E-state index in [2.05, 4.69) is 22.0 Å². The number of hydrogen-bond acceptors (Lipinski definition) is 5. The summed E-state index contributed by atoms with van der Waals surface area (Å²) < 4.78 is 27.9. The number of fused-ring (bicyclic) bond motifs is 1. The first-order chi connectivity index (χ1) is 12.4. The van der Waals surface area contributed by atoms with E-state index in [0.717, 1.165) is 33.6 Å². The van der Waals surface area contributed by atoms with E-state index in [1.165, 1.54) is 0 Å². The second kappa shape index (κ2) is 6.81. The molecule has 0 bridgehead atoms. The SMILES string of the molecule is Cc1cc(N2CCN(S(=O)(=O)c3ccc(Cl)s3)CC2)c2ccccc2n1. The van der Waals surface area contributed by atoms with Crippen molar-refractivity contribution in [2.75, 3.05) is 31.1 Å². The molecular formula is C18H18ClN3O2S2. The number of aromatic nitrogens is 1. The minimum atomic E-state index is -3.47. The van der Waals surface area contributed by atoms with Gasteiger partial charge in [-0.3, -0.25) is 4.98 Å². The van der Waals surface area contributed by atoms with Crippen LogP contribution in [-0.2, 0) is 10.0 Å². The summed E-state index contributed by atoms with van der Waals surface area (Å²) in [6.07, 6.45) is 0. The summed E-state index contributed by atoms with van der Waals surface area (Å²) in [6, 6.07) is 13.3. The van der Waals surface area contributed by atoms with Crippen LogP contribution in [0.15, 0.2) is 46.7 Å². The van der Waals surface area contributed by atoms with Crippen LogP contribution < -0.4 is 4.90 Å². The Kier molecular flexibility index (Phi) is 4.64. The molecule has 0 saturated carbocycles. The van der Waals surface area contributed by atoms with Gasteiger partial charge in [-0.15, -0.1) is 11.3 Å². The fraction of sp³-hybridized carbons (Fsp3) is 0.278. The number of halogens is 1. The summed E-state index contributed by atoms with van der Waals surface area (Å²) in [5.74, 6) is 0. The summed E-state index contributed by atoms with van der Waals surface area (Å²) in [6.45, 7) is 4.18. The van der Waals surface area contributed by atoms with Gasteiger partial charge in [0.25, 0.3) is 10.0 Å². The van der Waals surface area contributed by atoms with Gasteiger partial charge in [-0.05, 0) is 31.2 Å². The minimum absolute atomic E-state index is 0.307. The van der Waals surface area contributed by atoms with Crippen LogP contribution in [0.4, 0.5) is 5.69 Å². The van der Waals surface area contributed by atoms with Gasteiger partial charge >= 0.3 is 0 Å². The van der Waals surface area contributed by atoms with Crippen LogP contribution in [0.3, 0.4) is 0 Å². The number of anilines is 1.